The van der Waals surface area contributed by atoms with Gasteiger partial charge in [-0.2, -0.15) is 8.78 Å². The van der Waals surface area contributed by atoms with E-state index in [1.165, 1.54) is 57.1 Å². The van der Waals surface area contributed by atoms with Crippen LogP contribution in [0.3, 0.4) is 0 Å². The number of halogens is 2. The zero-order valence-corrected chi connectivity index (χ0v) is 17.5. The van der Waals surface area contributed by atoms with Crippen molar-refractivity contribution < 1.29 is 18.3 Å². The van der Waals surface area contributed by atoms with E-state index in [1.54, 1.807) is 0 Å². The molecule has 2 nitrogen and oxygen atoms in total. The molecule has 0 aliphatic carbocycles. The zero-order valence-electron chi connectivity index (χ0n) is 17.5. The summed E-state index contributed by atoms with van der Waals surface area (Å²) in [5.74, 6) is -1.18. The predicted molar refractivity (Wildman–Crippen MR) is 109 cm³/mol. The summed E-state index contributed by atoms with van der Waals surface area (Å²) < 4.78 is 38.9. The smallest absolute Gasteiger partial charge is 0.204 e. The first-order chi connectivity index (χ1) is 13.1. The molecule has 1 unspecified atom stereocenters. The molecule has 0 N–H and O–H groups in total. The van der Waals surface area contributed by atoms with E-state index in [9.17, 15) is 8.78 Å². The summed E-state index contributed by atoms with van der Waals surface area (Å²) in [5, 5.41) is 0. The molecule has 0 aromatic heterocycles. The molecular weight excluding hydrogens is 346 g/mol. The van der Waals surface area contributed by atoms with Crippen LogP contribution in [0.25, 0.3) is 0 Å². The molecule has 0 spiro atoms. The first kappa shape index (κ1) is 23.7. The van der Waals surface area contributed by atoms with E-state index in [2.05, 4.69) is 13.8 Å². The molecular formula is C23H38F2O2. The SMILES string of the molecule is CCCCCC(CCC)CCCCOc1ccc(OCCCC)c(F)c1F. The van der Waals surface area contributed by atoms with Gasteiger partial charge in [-0.05, 0) is 37.3 Å². The average Bonchev–Trinajstić information content (AvgIpc) is 2.66. The Bertz CT molecular complexity index is 505. The topological polar surface area (TPSA) is 18.5 Å². The minimum atomic E-state index is -0.956. The summed E-state index contributed by atoms with van der Waals surface area (Å²) >= 11 is 0. The van der Waals surface area contributed by atoms with Gasteiger partial charge < -0.3 is 9.47 Å². The van der Waals surface area contributed by atoms with Gasteiger partial charge in [0.2, 0.25) is 11.6 Å². The summed E-state index contributed by atoms with van der Waals surface area (Å²) in [6.45, 7) is 7.30. The summed E-state index contributed by atoms with van der Waals surface area (Å²) in [6, 6.07) is 2.92. The highest BCUT2D eigenvalue weighted by Crippen LogP contribution is 2.28. The summed E-state index contributed by atoms with van der Waals surface area (Å²) in [7, 11) is 0. The van der Waals surface area contributed by atoms with Gasteiger partial charge in [-0.1, -0.05) is 72.1 Å². The fraction of sp³-hybridized carbons (Fsp3) is 0.739. The van der Waals surface area contributed by atoms with E-state index in [-0.39, 0.29) is 11.5 Å². The second-order valence-electron chi connectivity index (χ2n) is 7.39. The molecule has 0 saturated carbocycles. The third-order valence-corrected chi connectivity index (χ3v) is 4.94. The first-order valence-electron chi connectivity index (χ1n) is 10.9. The molecule has 1 aromatic rings. The molecule has 0 bridgehead atoms. The normalized spacial score (nSPS) is 12.2. The number of hydrogen-bond donors (Lipinski definition) is 0. The van der Waals surface area contributed by atoms with Crippen LogP contribution in [0.5, 0.6) is 11.5 Å². The number of rotatable bonds is 16. The van der Waals surface area contributed by atoms with Gasteiger partial charge in [-0.15, -0.1) is 0 Å². The van der Waals surface area contributed by atoms with Crippen molar-refractivity contribution in [2.45, 2.75) is 91.4 Å². The lowest BCUT2D eigenvalue weighted by atomic mass is 9.91. The van der Waals surface area contributed by atoms with Crippen molar-refractivity contribution >= 4 is 0 Å². The van der Waals surface area contributed by atoms with Crippen LogP contribution in [0.4, 0.5) is 8.78 Å². The van der Waals surface area contributed by atoms with Gasteiger partial charge in [0.05, 0.1) is 13.2 Å². The molecule has 0 aliphatic heterocycles. The Labute approximate surface area is 164 Å². The van der Waals surface area contributed by atoms with Crippen LogP contribution < -0.4 is 9.47 Å². The Hall–Kier alpha value is -1.32. The molecule has 0 saturated heterocycles. The maximum Gasteiger partial charge on any atom is 0.204 e. The fourth-order valence-corrected chi connectivity index (χ4v) is 3.30. The third-order valence-electron chi connectivity index (χ3n) is 4.94. The minimum absolute atomic E-state index is 0.0246. The Balaban J connectivity index is 2.35. The van der Waals surface area contributed by atoms with Gasteiger partial charge in [-0.25, -0.2) is 0 Å². The molecule has 0 heterocycles. The molecule has 156 valence electrons. The van der Waals surface area contributed by atoms with Gasteiger partial charge in [-0.3, -0.25) is 0 Å². The van der Waals surface area contributed by atoms with Gasteiger partial charge in [0, 0.05) is 0 Å². The van der Waals surface area contributed by atoms with Crippen LogP contribution in [0.15, 0.2) is 12.1 Å². The standard InChI is InChI=1S/C23H38F2O2/c1-4-7-9-13-19(12-6-3)14-10-11-18-27-21-16-15-20(22(24)23(21)25)26-17-8-5-2/h15-16,19H,4-14,17-18H2,1-3H3. The highest BCUT2D eigenvalue weighted by molar-refractivity contribution is 5.35. The van der Waals surface area contributed by atoms with Gasteiger partial charge in [0.1, 0.15) is 0 Å². The van der Waals surface area contributed by atoms with Crippen LogP contribution in [0.1, 0.15) is 91.4 Å². The number of unbranched alkanes of at least 4 members (excludes halogenated alkanes) is 4. The van der Waals surface area contributed by atoms with E-state index in [0.29, 0.717) is 13.2 Å². The quantitative estimate of drug-likeness (QED) is 0.272. The van der Waals surface area contributed by atoms with Crippen LogP contribution in [0.2, 0.25) is 0 Å². The molecule has 4 heteroatoms. The summed E-state index contributed by atoms with van der Waals surface area (Å²) in [4.78, 5) is 0. The maximum atomic E-state index is 14.1. The van der Waals surface area contributed by atoms with Crippen molar-refractivity contribution in [2.24, 2.45) is 5.92 Å². The van der Waals surface area contributed by atoms with E-state index in [0.717, 1.165) is 31.6 Å². The van der Waals surface area contributed by atoms with Crippen LogP contribution in [-0.4, -0.2) is 13.2 Å². The predicted octanol–water partition coefficient (Wildman–Crippen LogP) is 7.69. The van der Waals surface area contributed by atoms with Crippen molar-refractivity contribution in [1.82, 2.24) is 0 Å². The monoisotopic (exact) mass is 384 g/mol. The van der Waals surface area contributed by atoms with E-state index >= 15 is 0 Å². The Morgan fingerprint density at radius 3 is 1.70 bits per heavy atom. The average molecular weight is 385 g/mol. The second kappa shape index (κ2) is 14.7. The molecule has 0 amide bonds. The zero-order chi connectivity index (χ0) is 19.9. The van der Waals surface area contributed by atoms with E-state index in [4.69, 9.17) is 9.47 Å². The minimum Gasteiger partial charge on any atom is -0.490 e. The lowest BCUT2D eigenvalue weighted by Gasteiger charge is -2.16. The summed E-state index contributed by atoms with van der Waals surface area (Å²) in [6.07, 6.45) is 12.6. The molecule has 0 aliphatic rings. The van der Waals surface area contributed by atoms with Crippen molar-refractivity contribution in [2.75, 3.05) is 13.2 Å². The maximum absolute atomic E-state index is 14.1. The van der Waals surface area contributed by atoms with E-state index < -0.39 is 11.6 Å². The lowest BCUT2D eigenvalue weighted by molar-refractivity contribution is 0.264. The van der Waals surface area contributed by atoms with E-state index in [1.807, 2.05) is 6.92 Å². The number of benzene rings is 1. The Morgan fingerprint density at radius 2 is 1.19 bits per heavy atom. The molecule has 27 heavy (non-hydrogen) atoms. The van der Waals surface area contributed by atoms with Crippen molar-refractivity contribution in [3.05, 3.63) is 23.8 Å². The van der Waals surface area contributed by atoms with Crippen LogP contribution >= 0.6 is 0 Å². The van der Waals surface area contributed by atoms with Gasteiger partial charge in [0.15, 0.2) is 11.5 Å². The summed E-state index contributed by atoms with van der Waals surface area (Å²) in [5.41, 5.74) is 0. The Morgan fingerprint density at radius 1 is 0.667 bits per heavy atom. The van der Waals surface area contributed by atoms with Gasteiger partial charge in [0.25, 0.3) is 0 Å². The highest BCUT2D eigenvalue weighted by atomic mass is 19.2. The molecule has 1 rings (SSSR count). The van der Waals surface area contributed by atoms with Crippen molar-refractivity contribution in [3.8, 4) is 11.5 Å². The molecule has 0 radical (unpaired) electrons. The third kappa shape index (κ3) is 9.44. The lowest BCUT2D eigenvalue weighted by Crippen LogP contribution is -2.05. The van der Waals surface area contributed by atoms with Gasteiger partial charge >= 0.3 is 0 Å². The Kier molecular flexibility index (Phi) is 12.9. The van der Waals surface area contributed by atoms with Crippen molar-refractivity contribution in [3.63, 3.8) is 0 Å². The number of ether oxygens (including phenoxy) is 2. The highest BCUT2D eigenvalue weighted by Gasteiger charge is 2.15. The molecule has 0 fully saturated rings. The first-order valence-corrected chi connectivity index (χ1v) is 10.9. The van der Waals surface area contributed by atoms with Crippen LogP contribution in [0, 0.1) is 17.6 Å². The second-order valence-corrected chi connectivity index (χ2v) is 7.39. The largest absolute Gasteiger partial charge is 0.490 e. The molecule has 1 aromatic carbocycles. The van der Waals surface area contributed by atoms with Crippen molar-refractivity contribution in [1.29, 1.82) is 0 Å². The fourth-order valence-electron chi connectivity index (χ4n) is 3.30. The van der Waals surface area contributed by atoms with Crippen LogP contribution in [-0.2, 0) is 0 Å². The number of hydrogen-bond acceptors (Lipinski definition) is 2. The molecule has 1 atom stereocenters.